The van der Waals surface area contributed by atoms with Crippen LogP contribution in [0.3, 0.4) is 0 Å². The molecule has 0 aliphatic carbocycles. The van der Waals surface area contributed by atoms with Gasteiger partial charge >= 0.3 is 5.97 Å². The summed E-state index contributed by atoms with van der Waals surface area (Å²) in [5.41, 5.74) is 4.06. The molecule has 1 N–H and O–H groups in total. The van der Waals surface area contributed by atoms with E-state index in [1.54, 1.807) is 0 Å². The Balaban J connectivity index is 2.95. The average Bonchev–Trinajstić information content (AvgIpc) is 2.25. The maximum Gasteiger partial charge on any atom is 0.338 e. The van der Waals surface area contributed by atoms with Gasteiger partial charge in [-0.1, -0.05) is 6.07 Å². The molecular weight excluding hydrogens is 268 g/mol. The highest BCUT2D eigenvalue weighted by Gasteiger charge is 2.17. The van der Waals surface area contributed by atoms with Crippen molar-refractivity contribution in [2.75, 3.05) is 12.4 Å². The molecule has 0 amide bonds. The molecule has 0 radical (unpaired) electrons. The van der Waals surface area contributed by atoms with Gasteiger partial charge in [0.1, 0.15) is 12.4 Å². The Morgan fingerprint density at radius 1 is 1.16 bits per heavy atom. The maximum atomic E-state index is 12.0. The molecule has 0 atom stereocenters. The van der Waals surface area contributed by atoms with Crippen LogP contribution in [0, 0.1) is 27.7 Å². The second-order valence-electron chi connectivity index (χ2n) is 4.56. The van der Waals surface area contributed by atoms with Crippen LogP contribution in [0.1, 0.15) is 32.6 Å². The van der Waals surface area contributed by atoms with Crippen LogP contribution >= 0.6 is 0 Å². The zero-order valence-electron chi connectivity index (χ0n) is 11.5. The van der Waals surface area contributed by atoms with E-state index in [1.165, 1.54) is 0 Å². The lowest BCUT2D eigenvalue weighted by molar-refractivity contribution is 0.0526. The molecule has 0 aliphatic rings. The van der Waals surface area contributed by atoms with Crippen molar-refractivity contribution in [3.63, 3.8) is 0 Å². The van der Waals surface area contributed by atoms with Crippen LogP contribution in [-0.2, 0) is 14.9 Å². The minimum atomic E-state index is -4.12. The number of benzene rings is 1. The second kappa shape index (κ2) is 5.71. The molecule has 19 heavy (non-hydrogen) atoms. The molecule has 0 unspecified atom stereocenters. The van der Waals surface area contributed by atoms with Crippen LogP contribution in [0.25, 0.3) is 0 Å². The normalized spacial score (nSPS) is 11.4. The van der Waals surface area contributed by atoms with Crippen LogP contribution < -0.4 is 0 Å². The Kier molecular flexibility index (Phi) is 4.70. The summed E-state index contributed by atoms with van der Waals surface area (Å²) in [5, 5.41) is 0. The summed E-state index contributed by atoms with van der Waals surface area (Å²) < 4.78 is 34.6. The summed E-state index contributed by atoms with van der Waals surface area (Å²) in [5.74, 6) is -1.16. The van der Waals surface area contributed by atoms with Gasteiger partial charge in [0.25, 0.3) is 10.1 Å². The van der Waals surface area contributed by atoms with Gasteiger partial charge < -0.3 is 4.74 Å². The highest BCUT2D eigenvalue weighted by Crippen LogP contribution is 2.22. The van der Waals surface area contributed by atoms with Crippen LogP contribution in [0.2, 0.25) is 0 Å². The number of hydrogen-bond donors (Lipinski definition) is 1. The summed E-state index contributed by atoms with van der Waals surface area (Å²) in [7, 11) is -4.12. The Bertz CT molecular complexity index is 576. The monoisotopic (exact) mass is 286 g/mol. The van der Waals surface area contributed by atoms with Crippen molar-refractivity contribution in [2.24, 2.45) is 0 Å². The van der Waals surface area contributed by atoms with Crippen molar-refractivity contribution >= 4 is 16.1 Å². The van der Waals surface area contributed by atoms with Gasteiger partial charge in [-0.05, 0) is 49.9 Å². The number of hydrogen-bond acceptors (Lipinski definition) is 4. The molecule has 0 saturated heterocycles. The largest absolute Gasteiger partial charge is 0.461 e. The number of carbonyl (C=O) groups excluding carboxylic acids is 1. The van der Waals surface area contributed by atoms with E-state index in [2.05, 4.69) is 0 Å². The van der Waals surface area contributed by atoms with Gasteiger partial charge in [0.05, 0.1) is 5.56 Å². The van der Waals surface area contributed by atoms with E-state index in [9.17, 15) is 13.2 Å². The first-order valence-corrected chi connectivity index (χ1v) is 7.44. The summed E-state index contributed by atoms with van der Waals surface area (Å²) in [4.78, 5) is 12.0. The van der Waals surface area contributed by atoms with E-state index in [4.69, 9.17) is 9.29 Å². The van der Waals surface area contributed by atoms with Gasteiger partial charge in [0, 0.05) is 0 Å². The molecule has 0 bridgehead atoms. The molecule has 0 heterocycles. The smallest absolute Gasteiger partial charge is 0.338 e. The Morgan fingerprint density at radius 3 is 2.05 bits per heavy atom. The third kappa shape index (κ3) is 4.04. The number of rotatable bonds is 4. The Hall–Kier alpha value is -1.40. The molecule has 0 saturated carbocycles. The maximum absolute atomic E-state index is 12.0. The highest BCUT2D eigenvalue weighted by atomic mass is 32.2. The number of esters is 1. The Labute approximate surface area is 113 Å². The zero-order chi connectivity index (χ0) is 14.8. The summed E-state index contributed by atoms with van der Waals surface area (Å²) in [6, 6.07) is 1.99. The predicted molar refractivity (Wildman–Crippen MR) is 72.1 cm³/mol. The molecule has 0 aliphatic heterocycles. The van der Waals surface area contributed by atoms with Gasteiger partial charge in [-0.15, -0.1) is 0 Å². The molecule has 0 fully saturated rings. The standard InChI is InChI=1S/C13H18O5S/c1-8-7-9(2)11(4)12(10(8)3)13(14)18-5-6-19(15,16)17/h7H,5-6H2,1-4H3,(H,15,16,17). The minimum Gasteiger partial charge on any atom is -0.461 e. The van der Waals surface area contributed by atoms with Crippen LogP contribution in [0.4, 0.5) is 0 Å². The van der Waals surface area contributed by atoms with Crippen LogP contribution in [-0.4, -0.2) is 31.3 Å². The van der Waals surface area contributed by atoms with Crippen molar-refractivity contribution in [2.45, 2.75) is 27.7 Å². The van der Waals surface area contributed by atoms with Crippen molar-refractivity contribution in [1.82, 2.24) is 0 Å². The first kappa shape index (κ1) is 15.7. The van der Waals surface area contributed by atoms with Gasteiger partial charge in [-0.25, -0.2) is 4.79 Å². The zero-order valence-corrected chi connectivity index (χ0v) is 12.3. The lowest BCUT2D eigenvalue weighted by Crippen LogP contribution is -2.17. The van der Waals surface area contributed by atoms with E-state index >= 15 is 0 Å². The fourth-order valence-corrected chi connectivity index (χ4v) is 2.13. The third-order valence-corrected chi connectivity index (χ3v) is 3.83. The van der Waals surface area contributed by atoms with Crippen molar-refractivity contribution in [3.8, 4) is 0 Å². The first-order valence-electron chi connectivity index (χ1n) is 5.83. The third-order valence-electron chi connectivity index (χ3n) is 3.14. The van der Waals surface area contributed by atoms with Gasteiger partial charge in [0.15, 0.2) is 0 Å². The molecular formula is C13H18O5S. The molecule has 106 valence electrons. The van der Waals surface area contributed by atoms with E-state index < -0.39 is 21.8 Å². The van der Waals surface area contributed by atoms with Crippen LogP contribution in [0.5, 0.6) is 0 Å². The lowest BCUT2D eigenvalue weighted by Gasteiger charge is -2.14. The second-order valence-corrected chi connectivity index (χ2v) is 6.13. The van der Waals surface area contributed by atoms with Gasteiger partial charge in [-0.3, -0.25) is 4.55 Å². The molecule has 1 aromatic rings. The van der Waals surface area contributed by atoms with E-state index in [-0.39, 0.29) is 6.61 Å². The number of aryl methyl sites for hydroxylation is 2. The van der Waals surface area contributed by atoms with Crippen molar-refractivity contribution < 1.29 is 22.5 Å². The average molecular weight is 286 g/mol. The molecule has 6 heteroatoms. The molecule has 0 spiro atoms. The van der Waals surface area contributed by atoms with Crippen LogP contribution in [0.15, 0.2) is 6.07 Å². The van der Waals surface area contributed by atoms with E-state index in [1.807, 2.05) is 33.8 Å². The SMILES string of the molecule is Cc1cc(C)c(C)c(C(=O)OCCS(=O)(=O)O)c1C. The van der Waals surface area contributed by atoms with E-state index in [0.717, 1.165) is 22.3 Å². The van der Waals surface area contributed by atoms with Gasteiger partial charge in [0.2, 0.25) is 0 Å². The lowest BCUT2D eigenvalue weighted by atomic mass is 9.94. The predicted octanol–water partition coefficient (Wildman–Crippen LogP) is 1.96. The topological polar surface area (TPSA) is 80.7 Å². The first-order chi connectivity index (χ1) is 8.63. The molecule has 0 aromatic heterocycles. The molecule has 1 aromatic carbocycles. The fraction of sp³-hybridized carbons (Fsp3) is 0.462. The minimum absolute atomic E-state index is 0.358. The Morgan fingerprint density at radius 2 is 1.63 bits per heavy atom. The summed E-state index contributed by atoms with van der Waals surface area (Å²) in [6.07, 6.45) is 0. The summed E-state index contributed by atoms with van der Waals surface area (Å²) in [6.45, 7) is 7.08. The molecule has 5 nitrogen and oxygen atoms in total. The van der Waals surface area contributed by atoms with E-state index in [0.29, 0.717) is 5.56 Å². The van der Waals surface area contributed by atoms with Gasteiger partial charge in [-0.2, -0.15) is 8.42 Å². The van der Waals surface area contributed by atoms with Crippen molar-refractivity contribution in [1.29, 1.82) is 0 Å². The fourth-order valence-electron chi connectivity index (χ4n) is 1.83. The quantitative estimate of drug-likeness (QED) is 0.676. The molecule has 1 rings (SSSR count). The van der Waals surface area contributed by atoms with Crippen molar-refractivity contribution in [3.05, 3.63) is 33.9 Å². The number of ether oxygens (including phenoxy) is 1. The summed E-state index contributed by atoms with van der Waals surface area (Å²) >= 11 is 0. The highest BCUT2D eigenvalue weighted by molar-refractivity contribution is 7.85. The number of carbonyl (C=O) groups is 1.